The summed E-state index contributed by atoms with van der Waals surface area (Å²) in [6.45, 7) is 7.58. The molecule has 0 aromatic heterocycles. The lowest BCUT2D eigenvalue weighted by atomic mass is 10.1. The Bertz CT molecular complexity index is 744. The lowest BCUT2D eigenvalue weighted by Gasteiger charge is -2.21. The molecule has 148 valence electrons. The second-order valence-corrected chi connectivity index (χ2v) is 7.48. The zero-order valence-corrected chi connectivity index (χ0v) is 16.4. The molecule has 1 aliphatic heterocycles. The number of ether oxygens (including phenoxy) is 3. The van der Waals surface area contributed by atoms with E-state index in [9.17, 15) is 14.4 Å². The summed E-state index contributed by atoms with van der Waals surface area (Å²) in [6.07, 6.45) is -0.489. The van der Waals surface area contributed by atoms with Crippen LogP contribution in [0.25, 0.3) is 0 Å². The number of halogens is 1. The Balaban J connectivity index is 2.02. The number of hydrogen-bond acceptors (Lipinski definition) is 6. The van der Waals surface area contributed by atoms with Crippen LogP contribution in [0.5, 0.6) is 11.5 Å². The zero-order valence-electron chi connectivity index (χ0n) is 15.7. The number of imide groups is 1. The van der Waals surface area contributed by atoms with Gasteiger partial charge in [-0.1, -0.05) is 11.6 Å². The molecule has 0 fully saturated rings. The molecule has 3 amide bonds. The number of esters is 1. The molecule has 2 rings (SSSR count). The van der Waals surface area contributed by atoms with Gasteiger partial charge in [-0.15, -0.1) is 0 Å². The van der Waals surface area contributed by atoms with E-state index in [1.807, 2.05) is 0 Å². The molecule has 9 heteroatoms. The fourth-order valence-corrected chi connectivity index (χ4v) is 2.48. The molecular formula is C18H23ClN2O6. The van der Waals surface area contributed by atoms with Crippen LogP contribution < -0.4 is 20.1 Å². The first-order valence-electron chi connectivity index (χ1n) is 8.50. The van der Waals surface area contributed by atoms with Gasteiger partial charge in [0, 0.05) is 12.0 Å². The van der Waals surface area contributed by atoms with Crippen LogP contribution in [0.1, 0.15) is 44.5 Å². The van der Waals surface area contributed by atoms with E-state index < -0.39 is 29.6 Å². The Morgan fingerprint density at radius 1 is 1.19 bits per heavy atom. The molecule has 1 aromatic rings. The Kier molecular flexibility index (Phi) is 6.54. The molecule has 0 bridgehead atoms. The lowest BCUT2D eigenvalue weighted by Crippen LogP contribution is -2.50. The Hall–Kier alpha value is -2.48. The van der Waals surface area contributed by atoms with E-state index >= 15 is 0 Å². The molecule has 2 N–H and O–H groups in total. The van der Waals surface area contributed by atoms with Gasteiger partial charge in [0.2, 0.25) is 0 Å². The summed E-state index contributed by atoms with van der Waals surface area (Å²) in [5.74, 6) is -0.805. The Morgan fingerprint density at radius 3 is 2.52 bits per heavy atom. The molecule has 0 saturated heterocycles. The predicted octanol–water partition coefficient (Wildman–Crippen LogP) is 2.67. The summed E-state index contributed by atoms with van der Waals surface area (Å²) in [5, 5.41) is 4.92. The molecule has 0 radical (unpaired) electrons. The van der Waals surface area contributed by atoms with Gasteiger partial charge >= 0.3 is 12.0 Å². The monoisotopic (exact) mass is 398 g/mol. The number of hydrogen-bond donors (Lipinski definition) is 2. The molecule has 0 aliphatic carbocycles. The molecule has 1 aromatic carbocycles. The van der Waals surface area contributed by atoms with E-state index in [4.69, 9.17) is 25.8 Å². The molecule has 8 nitrogen and oxygen atoms in total. The van der Waals surface area contributed by atoms with Crippen LogP contribution in [0, 0.1) is 0 Å². The molecule has 0 unspecified atom stereocenters. The summed E-state index contributed by atoms with van der Waals surface area (Å²) >= 11 is 6.15. The van der Waals surface area contributed by atoms with Crippen molar-refractivity contribution in [3.63, 3.8) is 0 Å². The first-order chi connectivity index (χ1) is 12.6. The Labute approximate surface area is 162 Å². The standard InChI is InChI=1S/C18H23ClN2O6/c1-10(15(22)20-17(24)21-18(2,3)4)27-16(23)11-8-12(19)14-13(9-11)25-6-5-7-26-14/h8-10H,5-7H2,1-4H3,(H2,20,21,22,24)/t10-/m0/s1. The van der Waals surface area contributed by atoms with Crippen molar-refractivity contribution in [2.75, 3.05) is 13.2 Å². The highest BCUT2D eigenvalue weighted by atomic mass is 35.5. The van der Waals surface area contributed by atoms with Crippen LogP contribution >= 0.6 is 11.6 Å². The van der Waals surface area contributed by atoms with Crippen LogP contribution in [0.2, 0.25) is 5.02 Å². The van der Waals surface area contributed by atoms with Gasteiger partial charge < -0.3 is 19.5 Å². The fourth-order valence-electron chi connectivity index (χ4n) is 2.22. The van der Waals surface area contributed by atoms with Crippen LogP contribution in [-0.4, -0.2) is 42.8 Å². The predicted molar refractivity (Wildman–Crippen MR) is 98.4 cm³/mol. The molecule has 0 saturated carbocycles. The normalized spacial score (nSPS) is 14.6. The van der Waals surface area contributed by atoms with Crippen molar-refractivity contribution < 1.29 is 28.6 Å². The van der Waals surface area contributed by atoms with Crippen molar-refractivity contribution >= 4 is 29.5 Å². The topological polar surface area (TPSA) is 103 Å². The Morgan fingerprint density at radius 2 is 1.85 bits per heavy atom. The summed E-state index contributed by atoms with van der Waals surface area (Å²) in [4.78, 5) is 36.1. The van der Waals surface area contributed by atoms with Gasteiger partial charge in [0.15, 0.2) is 17.6 Å². The summed E-state index contributed by atoms with van der Waals surface area (Å²) in [5.41, 5.74) is -0.395. The fraction of sp³-hybridized carbons (Fsp3) is 0.500. The quantitative estimate of drug-likeness (QED) is 0.759. The van der Waals surface area contributed by atoms with Crippen molar-refractivity contribution in [1.29, 1.82) is 0 Å². The van der Waals surface area contributed by atoms with Gasteiger partial charge in [0.1, 0.15) is 0 Å². The highest BCUT2D eigenvalue weighted by Crippen LogP contribution is 2.38. The van der Waals surface area contributed by atoms with Gasteiger partial charge in [-0.05, 0) is 39.8 Å². The SMILES string of the molecule is C[C@H](OC(=O)c1cc(Cl)c2c(c1)OCCCO2)C(=O)NC(=O)NC(C)(C)C. The van der Waals surface area contributed by atoms with E-state index in [2.05, 4.69) is 10.6 Å². The van der Waals surface area contributed by atoms with E-state index in [1.54, 1.807) is 20.8 Å². The maximum atomic E-state index is 12.3. The van der Waals surface area contributed by atoms with Crippen molar-refractivity contribution in [1.82, 2.24) is 10.6 Å². The summed E-state index contributed by atoms with van der Waals surface area (Å²) in [7, 11) is 0. The highest BCUT2D eigenvalue weighted by Gasteiger charge is 2.24. The summed E-state index contributed by atoms with van der Waals surface area (Å²) in [6, 6.07) is 2.16. The van der Waals surface area contributed by atoms with Crippen LogP contribution in [0.3, 0.4) is 0 Å². The molecule has 1 heterocycles. The third kappa shape index (κ3) is 6.02. The van der Waals surface area contributed by atoms with E-state index in [0.29, 0.717) is 31.1 Å². The van der Waals surface area contributed by atoms with Gasteiger partial charge in [-0.2, -0.15) is 0 Å². The molecule has 1 atom stereocenters. The average molecular weight is 399 g/mol. The molecular weight excluding hydrogens is 376 g/mol. The molecule has 1 aliphatic rings. The molecule has 0 spiro atoms. The minimum atomic E-state index is -1.18. The van der Waals surface area contributed by atoms with Gasteiger partial charge in [0.25, 0.3) is 5.91 Å². The number of carbonyl (C=O) groups is 3. The first-order valence-corrected chi connectivity index (χ1v) is 8.88. The van der Waals surface area contributed by atoms with Crippen LogP contribution in [-0.2, 0) is 9.53 Å². The van der Waals surface area contributed by atoms with Crippen molar-refractivity contribution in [2.45, 2.75) is 45.8 Å². The van der Waals surface area contributed by atoms with Crippen molar-refractivity contribution in [2.24, 2.45) is 0 Å². The average Bonchev–Trinajstić information content (AvgIpc) is 2.78. The third-order valence-corrected chi connectivity index (χ3v) is 3.70. The largest absolute Gasteiger partial charge is 0.489 e. The second kappa shape index (κ2) is 8.47. The summed E-state index contributed by atoms with van der Waals surface area (Å²) < 4.78 is 16.1. The van der Waals surface area contributed by atoms with Gasteiger partial charge in [-0.25, -0.2) is 9.59 Å². The van der Waals surface area contributed by atoms with E-state index in [0.717, 1.165) is 0 Å². The van der Waals surface area contributed by atoms with E-state index in [-0.39, 0.29) is 10.6 Å². The van der Waals surface area contributed by atoms with E-state index in [1.165, 1.54) is 19.1 Å². The van der Waals surface area contributed by atoms with Crippen molar-refractivity contribution in [3.05, 3.63) is 22.7 Å². The zero-order chi connectivity index (χ0) is 20.2. The van der Waals surface area contributed by atoms with Crippen LogP contribution in [0.15, 0.2) is 12.1 Å². The van der Waals surface area contributed by atoms with Gasteiger partial charge in [0.05, 0.1) is 23.8 Å². The highest BCUT2D eigenvalue weighted by molar-refractivity contribution is 6.32. The molecule has 27 heavy (non-hydrogen) atoms. The van der Waals surface area contributed by atoms with Crippen molar-refractivity contribution in [3.8, 4) is 11.5 Å². The lowest BCUT2D eigenvalue weighted by molar-refractivity contribution is -0.127. The number of rotatable bonds is 3. The first kappa shape index (κ1) is 20.8. The number of benzene rings is 1. The number of carbonyl (C=O) groups excluding carboxylic acids is 3. The number of fused-ring (bicyclic) bond motifs is 1. The smallest absolute Gasteiger partial charge is 0.339 e. The minimum absolute atomic E-state index is 0.114. The minimum Gasteiger partial charge on any atom is -0.489 e. The van der Waals surface area contributed by atoms with Gasteiger partial charge in [-0.3, -0.25) is 10.1 Å². The number of nitrogens with one attached hydrogen (secondary N) is 2. The third-order valence-electron chi connectivity index (χ3n) is 3.42. The maximum Gasteiger partial charge on any atom is 0.339 e. The second-order valence-electron chi connectivity index (χ2n) is 7.08. The number of urea groups is 1. The van der Waals surface area contributed by atoms with Crippen LogP contribution in [0.4, 0.5) is 4.79 Å². The maximum absolute atomic E-state index is 12.3. The number of amides is 3.